The Balaban J connectivity index is 1.70. The fraction of sp³-hybridized carbons (Fsp3) is 0.400. The molecule has 0 unspecified atom stereocenters. The molecule has 3 rings (SSSR count). The van der Waals surface area contributed by atoms with E-state index in [1.54, 1.807) is 11.6 Å². The Hall–Kier alpha value is -2.25. The van der Waals surface area contributed by atoms with Gasteiger partial charge in [0.25, 0.3) is 5.91 Å². The van der Waals surface area contributed by atoms with Crippen molar-refractivity contribution < 1.29 is 4.79 Å². The second-order valence-electron chi connectivity index (χ2n) is 6.81. The number of rotatable bonds is 8. The maximum absolute atomic E-state index is 12.7. The number of nitrogens with one attached hydrogen (secondary N) is 1. The number of halogens is 1. The number of carbonyl (C=O) groups is 1. The summed E-state index contributed by atoms with van der Waals surface area (Å²) in [6, 6.07) is 8.15. The highest BCUT2D eigenvalue weighted by Crippen LogP contribution is 2.24. The fourth-order valence-corrected chi connectivity index (χ4v) is 3.97. The van der Waals surface area contributed by atoms with Gasteiger partial charge in [-0.1, -0.05) is 72.5 Å². The summed E-state index contributed by atoms with van der Waals surface area (Å²) in [7, 11) is 0. The van der Waals surface area contributed by atoms with Crippen LogP contribution in [0.4, 0.5) is 5.13 Å². The van der Waals surface area contributed by atoms with Gasteiger partial charge in [0, 0.05) is 6.42 Å². The van der Waals surface area contributed by atoms with Gasteiger partial charge in [0.2, 0.25) is 5.13 Å². The molecule has 0 bridgehead atoms. The second-order valence-corrected chi connectivity index (χ2v) is 8.23. The summed E-state index contributed by atoms with van der Waals surface area (Å²) in [5.74, 6) is -0.311. The van der Waals surface area contributed by atoms with Crippen LogP contribution in [0, 0.1) is 13.8 Å². The van der Waals surface area contributed by atoms with Crippen molar-refractivity contribution in [3.05, 3.63) is 56.8 Å². The Morgan fingerprint density at radius 3 is 2.64 bits per heavy atom. The highest BCUT2D eigenvalue weighted by atomic mass is 35.5. The minimum absolute atomic E-state index is 0.311. The van der Waals surface area contributed by atoms with Crippen LogP contribution in [0.3, 0.4) is 0 Å². The van der Waals surface area contributed by atoms with Crippen LogP contribution in [0.2, 0.25) is 5.15 Å². The molecule has 0 spiro atoms. The molecule has 0 radical (unpaired) electrons. The predicted molar refractivity (Wildman–Crippen MR) is 113 cm³/mol. The van der Waals surface area contributed by atoms with Gasteiger partial charge in [0.15, 0.2) is 0 Å². The maximum atomic E-state index is 12.7. The second kappa shape index (κ2) is 9.30. The van der Waals surface area contributed by atoms with E-state index in [0.717, 1.165) is 36.3 Å². The van der Waals surface area contributed by atoms with Crippen LogP contribution < -0.4 is 5.32 Å². The van der Waals surface area contributed by atoms with E-state index >= 15 is 0 Å². The average molecular weight is 418 g/mol. The van der Waals surface area contributed by atoms with E-state index in [4.69, 9.17) is 11.6 Å². The molecule has 0 aliphatic carbocycles. The summed E-state index contributed by atoms with van der Waals surface area (Å²) >= 11 is 7.87. The first-order valence-electron chi connectivity index (χ1n) is 9.40. The number of aromatic nitrogens is 4. The third-order valence-corrected chi connectivity index (χ3v) is 5.71. The number of unbranched alkanes of at least 4 members (excludes halogenated alkanes) is 2. The standard InChI is InChI=1S/C20H24ClN5OS/c1-4-5-6-7-16-23-24-20(28-16)22-19(27)17-14(3)25-26(18(17)21)12-15-10-8-13(2)9-11-15/h8-11H,4-7,12H2,1-3H3,(H,22,24,27). The Labute approximate surface area is 174 Å². The largest absolute Gasteiger partial charge is 0.296 e. The van der Waals surface area contributed by atoms with Crippen LogP contribution in [0.25, 0.3) is 0 Å². The van der Waals surface area contributed by atoms with E-state index in [1.165, 1.54) is 16.9 Å². The molecule has 0 aliphatic heterocycles. The van der Waals surface area contributed by atoms with Gasteiger partial charge in [-0.15, -0.1) is 10.2 Å². The summed E-state index contributed by atoms with van der Waals surface area (Å²) in [4.78, 5) is 12.7. The van der Waals surface area contributed by atoms with Crippen molar-refractivity contribution >= 4 is 34.0 Å². The molecule has 2 aromatic heterocycles. The number of carbonyl (C=O) groups excluding carboxylic acids is 1. The minimum atomic E-state index is -0.311. The van der Waals surface area contributed by atoms with Gasteiger partial charge >= 0.3 is 0 Å². The quantitative estimate of drug-likeness (QED) is 0.521. The lowest BCUT2D eigenvalue weighted by Crippen LogP contribution is -2.13. The van der Waals surface area contributed by atoms with Crippen LogP contribution >= 0.6 is 22.9 Å². The summed E-state index contributed by atoms with van der Waals surface area (Å²) in [5.41, 5.74) is 3.22. The van der Waals surface area contributed by atoms with Gasteiger partial charge < -0.3 is 0 Å². The Bertz CT molecular complexity index is 948. The van der Waals surface area contributed by atoms with E-state index < -0.39 is 0 Å². The summed E-state index contributed by atoms with van der Waals surface area (Å²) in [6.07, 6.45) is 4.29. The van der Waals surface area contributed by atoms with Crippen molar-refractivity contribution in [1.29, 1.82) is 0 Å². The third kappa shape index (κ3) is 4.97. The van der Waals surface area contributed by atoms with Crippen LogP contribution in [-0.2, 0) is 13.0 Å². The summed E-state index contributed by atoms with van der Waals surface area (Å²) in [6.45, 7) is 6.49. The normalized spacial score (nSPS) is 11.0. The van der Waals surface area contributed by atoms with Crippen molar-refractivity contribution in [1.82, 2.24) is 20.0 Å². The van der Waals surface area contributed by atoms with Crippen LogP contribution in [-0.4, -0.2) is 25.9 Å². The first-order valence-corrected chi connectivity index (χ1v) is 10.6. The fourth-order valence-electron chi connectivity index (χ4n) is 2.87. The molecular weight excluding hydrogens is 394 g/mol. The van der Waals surface area contributed by atoms with Crippen molar-refractivity contribution in [2.75, 3.05) is 5.32 Å². The van der Waals surface area contributed by atoms with Crippen molar-refractivity contribution in [3.63, 3.8) is 0 Å². The van der Waals surface area contributed by atoms with Gasteiger partial charge in [-0.3, -0.25) is 10.1 Å². The van der Waals surface area contributed by atoms with Gasteiger partial charge in [0.05, 0.1) is 17.8 Å². The number of hydrogen-bond acceptors (Lipinski definition) is 5. The van der Waals surface area contributed by atoms with Crippen molar-refractivity contribution in [2.24, 2.45) is 0 Å². The topological polar surface area (TPSA) is 72.7 Å². The SMILES string of the molecule is CCCCCc1nnc(NC(=O)c2c(C)nn(Cc3ccc(C)cc3)c2Cl)s1. The highest BCUT2D eigenvalue weighted by Gasteiger charge is 2.21. The van der Waals surface area contributed by atoms with Crippen molar-refractivity contribution in [3.8, 4) is 0 Å². The summed E-state index contributed by atoms with van der Waals surface area (Å²) < 4.78 is 1.65. The Kier molecular flexibility index (Phi) is 6.80. The van der Waals surface area contributed by atoms with Gasteiger partial charge in [-0.2, -0.15) is 5.10 Å². The maximum Gasteiger partial charge on any atom is 0.262 e. The zero-order chi connectivity index (χ0) is 20.1. The monoisotopic (exact) mass is 417 g/mol. The molecule has 1 N–H and O–H groups in total. The molecule has 1 amide bonds. The van der Waals surface area contributed by atoms with E-state index in [0.29, 0.717) is 28.1 Å². The number of benzene rings is 1. The number of amides is 1. The lowest BCUT2D eigenvalue weighted by atomic mass is 10.1. The number of aryl methyl sites for hydroxylation is 3. The van der Waals surface area contributed by atoms with Gasteiger partial charge in [-0.05, 0) is 25.8 Å². The molecule has 6 nitrogen and oxygen atoms in total. The number of anilines is 1. The minimum Gasteiger partial charge on any atom is -0.296 e. The molecule has 0 aliphatic rings. The van der Waals surface area contributed by atoms with Crippen LogP contribution in [0.15, 0.2) is 24.3 Å². The highest BCUT2D eigenvalue weighted by molar-refractivity contribution is 7.15. The smallest absolute Gasteiger partial charge is 0.262 e. The molecule has 0 fully saturated rings. The molecule has 0 saturated carbocycles. The molecule has 3 aromatic rings. The van der Waals surface area contributed by atoms with Gasteiger partial charge in [-0.25, -0.2) is 4.68 Å². The molecule has 0 atom stereocenters. The zero-order valence-corrected chi connectivity index (χ0v) is 17.9. The van der Waals surface area contributed by atoms with E-state index in [1.807, 2.05) is 31.2 Å². The molecule has 1 aromatic carbocycles. The van der Waals surface area contributed by atoms with E-state index in [9.17, 15) is 4.79 Å². The van der Waals surface area contributed by atoms with Gasteiger partial charge in [0.1, 0.15) is 10.2 Å². The lowest BCUT2D eigenvalue weighted by Gasteiger charge is -2.05. The van der Waals surface area contributed by atoms with Crippen molar-refractivity contribution in [2.45, 2.75) is 53.0 Å². The molecule has 8 heteroatoms. The lowest BCUT2D eigenvalue weighted by molar-refractivity contribution is 0.102. The first-order chi connectivity index (χ1) is 13.5. The Morgan fingerprint density at radius 1 is 1.18 bits per heavy atom. The molecule has 2 heterocycles. The van der Waals surface area contributed by atoms with Crippen LogP contribution in [0.1, 0.15) is 58.4 Å². The Morgan fingerprint density at radius 2 is 1.93 bits per heavy atom. The third-order valence-electron chi connectivity index (χ3n) is 4.43. The molecule has 0 saturated heterocycles. The average Bonchev–Trinajstić information content (AvgIpc) is 3.21. The van der Waals surface area contributed by atoms with E-state index in [2.05, 4.69) is 27.5 Å². The molecule has 148 valence electrons. The molecular formula is C20H24ClN5OS. The molecule has 28 heavy (non-hydrogen) atoms. The van der Waals surface area contributed by atoms with Crippen LogP contribution in [0.5, 0.6) is 0 Å². The summed E-state index contributed by atoms with van der Waals surface area (Å²) in [5, 5.41) is 17.2. The van der Waals surface area contributed by atoms with E-state index in [-0.39, 0.29) is 5.91 Å². The number of hydrogen-bond donors (Lipinski definition) is 1. The predicted octanol–water partition coefficient (Wildman–Crippen LogP) is 5.04. The number of nitrogens with zero attached hydrogens (tertiary/aromatic N) is 4. The first kappa shape index (κ1) is 20.5. The zero-order valence-electron chi connectivity index (χ0n) is 16.3.